The molecular formula is C20H19BrN2O3. The van der Waals surface area contributed by atoms with E-state index in [1.54, 1.807) is 26.0 Å². The van der Waals surface area contributed by atoms with Gasteiger partial charge in [-0.2, -0.15) is 10.2 Å². The topological polar surface area (TPSA) is 68.1 Å². The van der Waals surface area contributed by atoms with Gasteiger partial charge in [0.15, 0.2) is 5.78 Å². The van der Waals surface area contributed by atoms with Crippen molar-refractivity contribution in [3.63, 3.8) is 0 Å². The maximum atomic E-state index is 13.2. The summed E-state index contributed by atoms with van der Waals surface area (Å²) in [6.45, 7) is 5.00. The molecule has 0 radical (unpaired) electrons. The predicted octanol–water partition coefficient (Wildman–Crippen LogP) is 5.18. The lowest BCUT2D eigenvalue weighted by Crippen LogP contribution is -2.57. The van der Waals surface area contributed by atoms with E-state index in [9.17, 15) is 9.59 Å². The number of hydrogen-bond acceptors (Lipinski definition) is 5. The Hall–Kier alpha value is -2.34. The van der Waals surface area contributed by atoms with E-state index >= 15 is 0 Å². The van der Waals surface area contributed by atoms with Crippen molar-refractivity contribution in [1.82, 2.24) is 0 Å². The number of nitrogens with zero attached hydrogens (tertiary/aromatic N) is 2. The summed E-state index contributed by atoms with van der Waals surface area (Å²) < 4.78 is 6.58. The lowest BCUT2D eigenvalue weighted by molar-refractivity contribution is -0.180. The zero-order valence-electron chi connectivity index (χ0n) is 14.8. The molecule has 1 aliphatic heterocycles. The van der Waals surface area contributed by atoms with E-state index in [0.29, 0.717) is 5.69 Å². The second-order valence-electron chi connectivity index (χ2n) is 7.00. The van der Waals surface area contributed by atoms with Crippen molar-refractivity contribution in [2.45, 2.75) is 32.4 Å². The fourth-order valence-electron chi connectivity index (χ4n) is 3.07. The number of halogens is 1. The number of ether oxygens (including phenoxy) is 1. The zero-order chi connectivity index (χ0) is 18.9. The number of Topliss-reactive ketones (excluding diaryl/α,β-unsaturated/α-hetero) is 1. The molecule has 0 spiro atoms. The van der Waals surface area contributed by atoms with Crippen LogP contribution >= 0.6 is 15.9 Å². The average molecular weight is 415 g/mol. The van der Waals surface area contributed by atoms with Gasteiger partial charge in [0.25, 0.3) is 0 Å². The molecule has 134 valence electrons. The smallest absolute Gasteiger partial charge is 0.344 e. The van der Waals surface area contributed by atoms with Gasteiger partial charge in [-0.1, -0.05) is 46.3 Å². The quantitative estimate of drug-likeness (QED) is 0.394. The van der Waals surface area contributed by atoms with E-state index in [0.717, 1.165) is 10.0 Å². The molecule has 0 saturated carbocycles. The number of esters is 1. The summed E-state index contributed by atoms with van der Waals surface area (Å²) in [6.07, 6.45) is -0.671. The monoisotopic (exact) mass is 414 g/mol. The van der Waals surface area contributed by atoms with Gasteiger partial charge in [0.2, 0.25) is 5.54 Å². The van der Waals surface area contributed by atoms with Crippen LogP contribution in [0.5, 0.6) is 0 Å². The number of carbonyl (C=O) groups excluding carboxylic acids is 2. The fraction of sp³-hybridized carbons (Fsp3) is 0.300. The molecule has 1 heterocycles. The Balaban J connectivity index is 1.94. The fourth-order valence-corrected chi connectivity index (χ4v) is 3.33. The van der Waals surface area contributed by atoms with Crippen molar-refractivity contribution in [2.75, 3.05) is 0 Å². The molecule has 2 atom stereocenters. The maximum absolute atomic E-state index is 13.2. The molecule has 0 aliphatic carbocycles. The molecule has 2 aromatic rings. The Bertz CT molecular complexity index is 862. The summed E-state index contributed by atoms with van der Waals surface area (Å²) in [6, 6.07) is 16.4. The van der Waals surface area contributed by atoms with Crippen LogP contribution in [0.3, 0.4) is 0 Å². The van der Waals surface area contributed by atoms with Gasteiger partial charge in [0.05, 0.1) is 11.1 Å². The van der Waals surface area contributed by atoms with Crippen LogP contribution in [0, 0.1) is 5.41 Å². The van der Waals surface area contributed by atoms with Crippen LogP contribution in [0.25, 0.3) is 0 Å². The van der Waals surface area contributed by atoms with Gasteiger partial charge in [0.1, 0.15) is 6.10 Å². The van der Waals surface area contributed by atoms with Crippen molar-refractivity contribution in [3.05, 3.63) is 64.6 Å². The summed E-state index contributed by atoms with van der Waals surface area (Å²) >= 11 is 3.38. The first-order chi connectivity index (χ1) is 12.2. The first-order valence-corrected chi connectivity index (χ1v) is 9.04. The second-order valence-corrected chi connectivity index (χ2v) is 7.91. The molecule has 2 aromatic carbocycles. The minimum absolute atomic E-state index is 0.311. The van der Waals surface area contributed by atoms with Crippen molar-refractivity contribution >= 4 is 33.4 Å². The lowest BCUT2D eigenvalue weighted by atomic mass is 9.70. The number of rotatable bonds is 3. The van der Waals surface area contributed by atoms with E-state index < -0.39 is 23.0 Å². The number of hydrogen-bond donors (Lipinski definition) is 0. The lowest BCUT2D eigenvalue weighted by Gasteiger charge is -2.42. The largest absolute Gasteiger partial charge is 0.454 e. The van der Waals surface area contributed by atoms with E-state index in [4.69, 9.17) is 4.74 Å². The number of cyclic esters (lactones) is 1. The highest BCUT2D eigenvalue weighted by atomic mass is 79.9. The van der Waals surface area contributed by atoms with Crippen LogP contribution in [-0.2, 0) is 14.3 Å². The van der Waals surface area contributed by atoms with Crippen LogP contribution in [0.2, 0.25) is 0 Å². The number of ketones is 1. The van der Waals surface area contributed by atoms with Gasteiger partial charge >= 0.3 is 5.97 Å². The van der Waals surface area contributed by atoms with Crippen molar-refractivity contribution in [3.8, 4) is 0 Å². The Kier molecular flexibility index (Phi) is 4.80. The van der Waals surface area contributed by atoms with Gasteiger partial charge in [-0.3, -0.25) is 4.79 Å². The number of benzene rings is 2. The van der Waals surface area contributed by atoms with Crippen LogP contribution in [-0.4, -0.2) is 17.3 Å². The first kappa shape index (κ1) is 18.5. The third kappa shape index (κ3) is 3.21. The highest BCUT2D eigenvalue weighted by Crippen LogP contribution is 2.46. The Labute approximate surface area is 160 Å². The predicted molar refractivity (Wildman–Crippen MR) is 101 cm³/mol. The molecule has 0 N–H and O–H groups in total. The van der Waals surface area contributed by atoms with Crippen molar-refractivity contribution in [1.29, 1.82) is 0 Å². The standard InChI is InChI=1S/C20H19BrN2O3/c1-19(2)16(13-9-11-14(21)12-10-13)26-18(25)20(3,17(19)24)23-22-15-7-5-4-6-8-15/h4-12,16H,1-3H3/t16-,20-/m0/s1. The molecular weight excluding hydrogens is 396 g/mol. The normalized spacial score (nSPS) is 25.3. The molecule has 6 heteroatoms. The Morgan fingerprint density at radius 1 is 0.962 bits per heavy atom. The Morgan fingerprint density at radius 2 is 1.58 bits per heavy atom. The summed E-state index contributed by atoms with van der Waals surface area (Å²) in [5, 5.41) is 8.15. The van der Waals surface area contributed by atoms with E-state index in [1.807, 2.05) is 42.5 Å². The molecule has 0 unspecified atom stereocenters. The van der Waals surface area contributed by atoms with Gasteiger partial charge in [-0.05, 0) is 50.6 Å². The molecule has 26 heavy (non-hydrogen) atoms. The first-order valence-electron chi connectivity index (χ1n) is 8.24. The molecule has 3 rings (SSSR count). The summed E-state index contributed by atoms with van der Waals surface area (Å²) in [5.74, 6) is -0.997. The molecule has 1 aliphatic rings. The van der Waals surface area contributed by atoms with Gasteiger partial charge < -0.3 is 4.74 Å². The summed E-state index contributed by atoms with van der Waals surface area (Å²) in [7, 11) is 0. The van der Waals surface area contributed by atoms with Gasteiger partial charge in [0, 0.05) is 4.47 Å². The number of carbonyl (C=O) groups is 2. The zero-order valence-corrected chi connectivity index (χ0v) is 16.4. The van der Waals surface area contributed by atoms with Crippen molar-refractivity contribution < 1.29 is 14.3 Å². The molecule has 0 aromatic heterocycles. The van der Waals surface area contributed by atoms with Crippen LogP contribution in [0.15, 0.2) is 69.3 Å². The van der Waals surface area contributed by atoms with Crippen LogP contribution in [0.4, 0.5) is 5.69 Å². The minimum Gasteiger partial charge on any atom is -0.454 e. The van der Waals surface area contributed by atoms with Crippen LogP contribution in [0.1, 0.15) is 32.4 Å². The third-order valence-electron chi connectivity index (χ3n) is 4.60. The van der Waals surface area contributed by atoms with E-state index in [-0.39, 0.29) is 5.78 Å². The minimum atomic E-state index is -1.66. The molecule has 0 bridgehead atoms. The molecule has 5 nitrogen and oxygen atoms in total. The van der Waals surface area contributed by atoms with Crippen molar-refractivity contribution in [2.24, 2.45) is 15.6 Å². The van der Waals surface area contributed by atoms with Gasteiger partial charge in [-0.15, -0.1) is 0 Å². The van der Waals surface area contributed by atoms with E-state index in [1.165, 1.54) is 6.92 Å². The second kappa shape index (κ2) is 6.76. The summed E-state index contributed by atoms with van der Waals surface area (Å²) in [4.78, 5) is 25.9. The highest BCUT2D eigenvalue weighted by molar-refractivity contribution is 9.10. The molecule has 0 amide bonds. The Morgan fingerprint density at radius 3 is 2.19 bits per heavy atom. The van der Waals surface area contributed by atoms with Gasteiger partial charge in [-0.25, -0.2) is 4.79 Å². The van der Waals surface area contributed by atoms with Crippen LogP contribution < -0.4 is 0 Å². The number of azo groups is 1. The third-order valence-corrected chi connectivity index (χ3v) is 5.13. The average Bonchev–Trinajstić information content (AvgIpc) is 2.64. The summed E-state index contributed by atoms with van der Waals surface area (Å²) in [5.41, 5.74) is -1.26. The SMILES string of the molecule is CC1(C)C(=O)[C@](C)(N=Nc2ccccc2)C(=O)O[C@H]1c1ccc(Br)cc1. The molecule has 1 fully saturated rings. The highest BCUT2D eigenvalue weighted by Gasteiger charge is 2.59. The molecule has 1 saturated heterocycles. The maximum Gasteiger partial charge on any atom is 0.344 e. The van der Waals surface area contributed by atoms with E-state index in [2.05, 4.69) is 26.2 Å².